The second kappa shape index (κ2) is 10.3. The molecule has 212 valence electrons. The zero-order valence-electron chi connectivity index (χ0n) is 24.8. The van der Waals surface area contributed by atoms with E-state index >= 15 is 0 Å². The third kappa shape index (κ3) is 4.42. The Labute approximate surface area is 239 Å². The summed E-state index contributed by atoms with van der Waals surface area (Å²) in [5, 5.41) is 6.75. The lowest BCUT2D eigenvalue weighted by Gasteiger charge is -2.32. The van der Waals surface area contributed by atoms with Gasteiger partial charge < -0.3 is 19.1 Å². The molecule has 0 N–H and O–H groups in total. The number of carbonyl (C=O) groups is 1. The van der Waals surface area contributed by atoms with Crippen molar-refractivity contribution in [3.8, 4) is 22.8 Å². The van der Waals surface area contributed by atoms with Crippen molar-refractivity contribution in [3.05, 3.63) is 59.4 Å². The fourth-order valence-corrected chi connectivity index (χ4v) is 5.92. The van der Waals surface area contributed by atoms with Crippen molar-refractivity contribution in [1.82, 2.24) is 39.1 Å². The van der Waals surface area contributed by atoms with Crippen molar-refractivity contribution in [2.75, 3.05) is 40.3 Å². The van der Waals surface area contributed by atoms with Crippen LogP contribution in [0.25, 0.3) is 38.9 Å². The van der Waals surface area contributed by atoms with E-state index in [1.54, 1.807) is 19.5 Å². The summed E-state index contributed by atoms with van der Waals surface area (Å²) in [6.07, 6.45) is 5.30. The highest BCUT2D eigenvalue weighted by molar-refractivity contribution is 6.03. The second-order valence-electron chi connectivity index (χ2n) is 11.2. The van der Waals surface area contributed by atoms with Crippen molar-refractivity contribution in [1.29, 1.82) is 0 Å². The van der Waals surface area contributed by atoms with Gasteiger partial charge in [-0.15, -0.1) is 0 Å². The number of ether oxygens (including phenoxy) is 1. The van der Waals surface area contributed by atoms with E-state index < -0.39 is 0 Å². The Morgan fingerprint density at radius 1 is 1.00 bits per heavy atom. The van der Waals surface area contributed by atoms with Gasteiger partial charge in [0.25, 0.3) is 5.91 Å². The molecular formula is C31H36N8O2. The molecule has 0 aromatic carbocycles. The Balaban J connectivity index is 1.53. The first-order valence-electron chi connectivity index (χ1n) is 14.0. The molecule has 41 heavy (non-hydrogen) atoms. The highest BCUT2D eigenvalue weighted by Gasteiger charge is 2.28. The van der Waals surface area contributed by atoms with Crippen LogP contribution in [0.3, 0.4) is 0 Å². The molecule has 6 heterocycles. The van der Waals surface area contributed by atoms with E-state index in [1.165, 1.54) is 0 Å². The van der Waals surface area contributed by atoms with Crippen LogP contribution in [0.5, 0.6) is 5.75 Å². The van der Waals surface area contributed by atoms with Crippen molar-refractivity contribution in [2.45, 2.75) is 33.6 Å². The first kappa shape index (κ1) is 26.9. The lowest BCUT2D eigenvalue weighted by atomic mass is 10.0. The molecule has 1 saturated heterocycles. The predicted molar refractivity (Wildman–Crippen MR) is 160 cm³/mol. The number of likely N-dealkylation sites (N-methyl/N-ethyl adjacent to an activating group) is 1. The van der Waals surface area contributed by atoms with Crippen LogP contribution in [0.2, 0.25) is 0 Å². The normalized spacial score (nSPS) is 14.5. The van der Waals surface area contributed by atoms with Crippen LogP contribution in [0.4, 0.5) is 0 Å². The van der Waals surface area contributed by atoms with Crippen molar-refractivity contribution in [3.63, 3.8) is 0 Å². The van der Waals surface area contributed by atoms with Crippen LogP contribution < -0.4 is 4.74 Å². The second-order valence-corrected chi connectivity index (χ2v) is 11.2. The largest absolute Gasteiger partial charge is 0.496 e. The van der Waals surface area contributed by atoms with Crippen LogP contribution in [0.15, 0.2) is 36.8 Å². The Bertz CT molecular complexity index is 1790. The molecule has 0 spiro atoms. The molecule has 0 aliphatic carbocycles. The molecule has 6 rings (SSSR count). The van der Waals surface area contributed by atoms with Gasteiger partial charge >= 0.3 is 0 Å². The number of hydrogen-bond donors (Lipinski definition) is 0. The van der Waals surface area contributed by atoms with Gasteiger partial charge in [-0.1, -0.05) is 13.8 Å². The van der Waals surface area contributed by atoms with Gasteiger partial charge in [-0.3, -0.25) is 14.8 Å². The highest BCUT2D eigenvalue weighted by Crippen LogP contribution is 2.35. The average molecular weight is 553 g/mol. The molecule has 0 unspecified atom stereocenters. The Morgan fingerprint density at radius 2 is 1.76 bits per heavy atom. The summed E-state index contributed by atoms with van der Waals surface area (Å²) >= 11 is 0. The lowest BCUT2D eigenvalue weighted by Crippen LogP contribution is -2.47. The third-order valence-corrected chi connectivity index (χ3v) is 8.23. The smallest absolute Gasteiger partial charge is 0.270 e. The van der Waals surface area contributed by atoms with Gasteiger partial charge in [0, 0.05) is 68.2 Å². The van der Waals surface area contributed by atoms with Crippen LogP contribution in [0.1, 0.15) is 47.2 Å². The van der Waals surface area contributed by atoms with Crippen molar-refractivity contribution in [2.24, 2.45) is 7.05 Å². The Morgan fingerprint density at radius 3 is 2.46 bits per heavy atom. The SMILES string of the molecule is COc1ccncc1-c1cc2c(cnn2-c2cc3c(c(C(C)C)n2)c(C)c(C(=O)N2CCN(C)CC2)n3C)c(C)n1. The van der Waals surface area contributed by atoms with Crippen LogP contribution in [0, 0.1) is 13.8 Å². The van der Waals surface area contributed by atoms with E-state index in [9.17, 15) is 4.79 Å². The molecular weight excluding hydrogens is 516 g/mol. The van der Waals surface area contributed by atoms with Crippen molar-refractivity contribution >= 4 is 27.7 Å². The zero-order chi connectivity index (χ0) is 29.0. The number of amides is 1. The van der Waals surface area contributed by atoms with Gasteiger partial charge in [0.1, 0.15) is 11.4 Å². The number of methoxy groups -OCH3 is 1. The summed E-state index contributed by atoms with van der Waals surface area (Å²) in [4.78, 5) is 32.3. The Hall–Kier alpha value is -4.31. The molecule has 10 nitrogen and oxygen atoms in total. The van der Waals surface area contributed by atoms with Crippen LogP contribution in [-0.2, 0) is 7.05 Å². The van der Waals surface area contributed by atoms with Gasteiger partial charge in [-0.2, -0.15) is 5.10 Å². The van der Waals surface area contributed by atoms with Gasteiger partial charge in [0.15, 0.2) is 5.82 Å². The molecule has 1 amide bonds. The van der Waals surface area contributed by atoms with E-state index in [1.807, 2.05) is 59.4 Å². The summed E-state index contributed by atoms with van der Waals surface area (Å²) in [5.41, 5.74) is 6.93. The fraction of sp³-hybridized carbons (Fsp3) is 0.387. The Kier molecular flexibility index (Phi) is 6.73. The first-order valence-corrected chi connectivity index (χ1v) is 14.0. The van der Waals surface area contributed by atoms with E-state index in [4.69, 9.17) is 19.8 Å². The molecule has 0 radical (unpaired) electrons. The van der Waals surface area contributed by atoms with Gasteiger partial charge in [-0.05, 0) is 44.5 Å². The number of aromatic nitrogens is 6. The van der Waals surface area contributed by atoms with Crippen molar-refractivity contribution < 1.29 is 9.53 Å². The van der Waals surface area contributed by atoms with Gasteiger partial charge in [0.05, 0.1) is 41.3 Å². The average Bonchev–Trinajstić information content (AvgIpc) is 3.51. The first-order chi connectivity index (χ1) is 19.7. The summed E-state index contributed by atoms with van der Waals surface area (Å²) in [6, 6.07) is 5.88. The predicted octanol–water partition coefficient (Wildman–Crippen LogP) is 4.51. The van der Waals surface area contributed by atoms with Crippen LogP contribution in [-0.4, -0.2) is 85.3 Å². The number of rotatable bonds is 5. The topological polar surface area (TPSA) is 94.2 Å². The maximum Gasteiger partial charge on any atom is 0.270 e. The molecule has 0 saturated carbocycles. The molecule has 0 atom stereocenters. The van der Waals surface area contributed by atoms with E-state index in [-0.39, 0.29) is 11.8 Å². The minimum Gasteiger partial charge on any atom is -0.496 e. The highest BCUT2D eigenvalue weighted by atomic mass is 16.5. The monoisotopic (exact) mass is 552 g/mol. The van der Waals surface area contributed by atoms with E-state index in [0.29, 0.717) is 11.6 Å². The summed E-state index contributed by atoms with van der Waals surface area (Å²) in [6.45, 7) is 11.5. The molecule has 5 aromatic rings. The lowest BCUT2D eigenvalue weighted by molar-refractivity contribution is 0.0654. The molecule has 10 heteroatoms. The number of aryl methyl sites for hydroxylation is 3. The number of carbonyl (C=O) groups excluding carboxylic acids is 1. The maximum atomic E-state index is 13.8. The third-order valence-electron chi connectivity index (χ3n) is 8.23. The standard InChI is InChI=1S/C31H36N8O2/c1-18(2)29-28-19(3)30(31(40)38-12-10-36(5)11-13-38)37(6)25(28)15-27(35-29)39-24-14-23(34-20(4)21(24)17-33-39)22-16-32-9-8-26(22)41-7/h8-9,14-18H,10-13H2,1-7H3. The van der Waals surface area contributed by atoms with Gasteiger partial charge in [-0.25, -0.2) is 9.67 Å². The molecule has 1 aliphatic heterocycles. The quantitative estimate of drug-likeness (QED) is 0.317. The van der Waals surface area contributed by atoms with Crippen LogP contribution >= 0.6 is 0 Å². The minimum atomic E-state index is 0.0758. The number of piperazine rings is 1. The summed E-state index contributed by atoms with van der Waals surface area (Å²) < 4.78 is 9.48. The van der Waals surface area contributed by atoms with E-state index in [0.717, 1.165) is 81.9 Å². The van der Waals surface area contributed by atoms with E-state index in [2.05, 4.69) is 30.8 Å². The molecule has 1 fully saturated rings. The number of nitrogens with zero attached hydrogens (tertiary/aromatic N) is 8. The maximum absolute atomic E-state index is 13.8. The number of hydrogen-bond acceptors (Lipinski definition) is 7. The summed E-state index contributed by atoms with van der Waals surface area (Å²) in [7, 11) is 5.72. The number of fused-ring (bicyclic) bond motifs is 2. The van der Waals surface area contributed by atoms with Gasteiger partial charge in [0.2, 0.25) is 0 Å². The fourth-order valence-electron chi connectivity index (χ4n) is 5.92. The minimum absolute atomic E-state index is 0.0758. The summed E-state index contributed by atoms with van der Waals surface area (Å²) in [5.74, 6) is 1.62. The molecule has 5 aromatic heterocycles. The zero-order valence-corrected chi connectivity index (χ0v) is 24.8. The molecule has 1 aliphatic rings. The molecule has 0 bridgehead atoms. The number of pyridine rings is 3.